The van der Waals surface area contributed by atoms with Crippen LogP contribution in [0.25, 0.3) is 0 Å². The van der Waals surface area contributed by atoms with Crippen LogP contribution in [0.4, 0.5) is 8.78 Å². The lowest BCUT2D eigenvalue weighted by Crippen LogP contribution is -2.19. The third kappa shape index (κ3) is 6.08. The molecule has 1 N–H and O–H groups in total. The van der Waals surface area contributed by atoms with Crippen LogP contribution in [0.1, 0.15) is 29.7 Å². The van der Waals surface area contributed by atoms with Crippen LogP contribution in [0, 0.1) is 17.0 Å². The van der Waals surface area contributed by atoms with Crippen molar-refractivity contribution in [1.29, 1.82) is 5.41 Å². The molecular weight excluding hydrogens is 410 g/mol. The van der Waals surface area contributed by atoms with Crippen molar-refractivity contribution in [3.8, 4) is 0 Å². The maximum absolute atomic E-state index is 14.1. The van der Waals surface area contributed by atoms with E-state index in [4.69, 9.17) is 24.7 Å². The first kappa shape index (κ1) is 23.5. The molecule has 0 aliphatic carbocycles. The Kier molecular flexibility index (Phi) is 8.62. The number of rotatable bonds is 9. The van der Waals surface area contributed by atoms with Crippen LogP contribution in [-0.2, 0) is 19.2 Å². The molecule has 0 aliphatic heterocycles. The zero-order chi connectivity index (χ0) is 22.8. The number of nitrogens with one attached hydrogen (secondary N) is 1. The Morgan fingerprint density at radius 1 is 1.00 bits per heavy atom. The van der Waals surface area contributed by atoms with Crippen LogP contribution in [0.2, 0.25) is 0 Å². The van der Waals surface area contributed by atoms with Crippen molar-refractivity contribution in [2.45, 2.75) is 13.0 Å². The molecule has 2 rings (SSSR count). The highest BCUT2D eigenvalue weighted by Crippen LogP contribution is 2.23. The minimum absolute atomic E-state index is 0.00304. The average molecular weight is 432 g/mol. The highest BCUT2D eigenvalue weighted by molar-refractivity contribution is 6.44. The summed E-state index contributed by atoms with van der Waals surface area (Å²) in [6, 6.07) is 10.1. The molecule has 2 aromatic rings. The van der Waals surface area contributed by atoms with Gasteiger partial charge in [0, 0.05) is 22.8 Å². The summed E-state index contributed by atoms with van der Waals surface area (Å²) in [5.74, 6) is -1.72. The summed E-state index contributed by atoms with van der Waals surface area (Å²) in [5, 5.41) is 19.4. The van der Waals surface area contributed by atoms with E-state index in [1.807, 2.05) is 0 Å². The average Bonchev–Trinajstić information content (AvgIpc) is 2.76. The molecule has 164 valence electrons. The normalized spacial score (nSPS) is 13.1. The number of oxime groups is 3. The predicted octanol–water partition coefficient (Wildman–Crippen LogP) is 4.05. The van der Waals surface area contributed by atoms with Gasteiger partial charge in [-0.1, -0.05) is 39.7 Å². The van der Waals surface area contributed by atoms with Crippen molar-refractivity contribution in [3.63, 3.8) is 0 Å². The van der Waals surface area contributed by atoms with Gasteiger partial charge < -0.3 is 19.2 Å². The van der Waals surface area contributed by atoms with Gasteiger partial charge in [0.2, 0.25) is 5.90 Å². The molecule has 0 saturated heterocycles. The third-order valence-corrected chi connectivity index (χ3v) is 4.05. The summed E-state index contributed by atoms with van der Waals surface area (Å²) < 4.78 is 32.2. The van der Waals surface area contributed by atoms with Crippen LogP contribution in [0.15, 0.2) is 57.9 Å². The fourth-order valence-corrected chi connectivity index (χ4v) is 2.63. The highest BCUT2D eigenvalue weighted by Gasteiger charge is 2.20. The SMILES string of the molecule is CON=C(C=NOC(C)c1ccccc1C(=NOC)C(=N)OC)c1ccc(F)cc1F. The summed E-state index contributed by atoms with van der Waals surface area (Å²) >= 11 is 0. The number of methoxy groups -OCH3 is 1. The fourth-order valence-electron chi connectivity index (χ4n) is 2.63. The van der Waals surface area contributed by atoms with Crippen molar-refractivity contribution >= 4 is 23.5 Å². The van der Waals surface area contributed by atoms with Gasteiger partial charge in [-0.3, -0.25) is 5.41 Å². The van der Waals surface area contributed by atoms with E-state index in [0.717, 1.165) is 18.3 Å². The van der Waals surface area contributed by atoms with E-state index in [1.165, 1.54) is 27.4 Å². The number of ether oxygens (including phenoxy) is 1. The van der Waals surface area contributed by atoms with Gasteiger partial charge in [-0.25, -0.2) is 8.78 Å². The molecule has 0 saturated carbocycles. The topological polar surface area (TPSA) is 97.9 Å². The largest absolute Gasteiger partial charge is 0.480 e. The van der Waals surface area contributed by atoms with Gasteiger partial charge in [0.05, 0.1) is 13.3 Å². The second-order valence-electron chi connectivity index (χ2n) is 6.01. The molecule has 1 unspecified atom stereocenters. The number of hydrogen-bond donors (Lipinski definition) is 1. The first-order valence-corrected chi connectivity index (χ1v) is 9.02. The Labute approximate surface area is 178 Å². The van der Waals surface area contributed by atoms with E-state index >= 15 is 0 Å². The van der Waals surface area contributed by atoms with Crippen LogP contribution in [-0.4, -0.2) is 44.9 Å². The van der Waals surface area contributed by atoms with Crippen molar-refractivity contribution in [2.75, 3.05) is 21.3 Å². The van der Waals surface area contributed by atoms with Crippen LogP contribution >= 0.6 is 0 Å². The van der Waals surface area contributed by atoms with E-state index in [1.54, 1.807) is 31.2 Å². The second kappa shape index (κ2) is 11.4. The zero-order valence-corrected chi connectivity index (χ0v) is 17.4. The number of benzene rings is 2. The van der Waals surface area contributed by atoms with E-state index in [9.17, 15) is 8.78 Å². The van der Waals surface area contributed by atoms with Gasteiger partial charge in [-0.2, -0.15) is 0 Å². The molecule has 0 amide bonds. The molecule has 0 fully saturated rings. The minimum Gasteiger partial charge on any atom is -0.480 e. The molecule has 0 radical (unpaired) electrons. The van der Waals surface area contributed by atoms with Gasteiger partial charge in [-0.15, -0.1) is 0 Å². The summed E-state index contributed by atoms with van der Waals surface area (Å²) in [6.45, 7) is 1.72. The monoisotopic (exact) mass is 432 g/mol. The smallest absolute Gasteiger partial charge is 0.236 e. The Morgan fingerprint density at radius 3 is 2.35 bits per heavy atom. The highest BCUT2D eigenvalue weighted by atomic mass is 19.1. The predicted molar refractivity (Wildman–Crippen MR) is 113 cm³/mol. The molecule has 2 aromatic carbocycles. The Hall–Kier alpha value is -3.82. The van der Waals surface area contributed by atoms with Gasteiger partial charge >= 0.3 is 0 Å². The van der Waals surface area contributed by atoms with Crippen molar-refractivity contribution in [3.05, 3.63) is 70.8 Å². The maximum Gasteiger partial charge on any atom is 0.236 e. The molecule has 1 atom stereocenters. The zero-order valence-electron chi connectivity index (χ0n) is 17.4. The lowest BCUT2D eigenvalue weighted by molar-refractivity contribution is 0.0737. The number of halogens is 2. The fraction of sp³-hybridized carbons (Fsp3) is 0.238. The van der Waals surface area contributed by atoms with Crippen LogP contribution < -0.4 is 0 Å². The molecule has 0 heterocycles. The summed E-state index contributed by atoms with van der Waals surface area (Å²) in [6.07, 6.45) is 0.557. The summed E-state index contributed by atoms with van der Waals surface area (Å²) in [7, 11) is 4.00. The Morgan fingerprint density at radius 2 is 1.71 bits per heavy atom. The molecule has 0 aromatic heterocycles. The molecule has 0 spiro atoms. The number of nitrogens with zero attached hydrogens (tertiary/aromatic N) is 3. The van der Waals surface area contributed by atoms with E-state index < -0.39 is 17.7 Å². The van der Waals surface area contributed by atoms with Crippen LogP contribution in [0.3, 0.4) is 0 Å². The molecule has 8 nitrogen and oxygen atoms in total. The van der Waals surface area contributed by atoms with Crippen LogP contribution in [0.5, 0.6) is 0 Å². The molecule has 31 heavy (non-hydrogen) atoms. The van der Waals surface area contributed by atoms with Gasteiger partial charge in [-0.05, 0) is 19.1 Å². The first-order valence-electron chi connectivity index (χ1n) is 9.02. The lowest BCUT2D eigenvalue weighted by atomic mass is 9.99. The van der Waals surface area contributed by atoms with Gasteiger partial charge in [0.15, 0.2) is 5.71 Å². The standard InChI is InChI=1S/C21H22F2N4O4/c1-13(15-7-5-6-8-16(15)20(27-30-4)21(24)28-2)31-25-12-19(26-29-3)17-10-9-14(22)11-18(17)23/h5-13,24H,1-4H3. The molecule has 0 bridgehead atoms. The quantitative estimate of drug-likeness (QED) is 0.367. The second-order valence-corrected chi connectivity index (χ2v) is 6.01. The van der Waals surface area contributed by atoms with Gasteiger partial charge in [0.1, 0.15) is 37.7 Å². The summed E-state index contributed by atoms with van der Waals surface area (Å²) in [4.78, 5) is 15.0. The Balaban J connectivity index is 2.28. The van der Waals surface area contributed by atoms with E-state index in [0.29, 0.717) is 11.1 Å². The van der Waals surface area contributed by atoms with Crippen molar-refractivity contribution in [1.82, 2.24) is 0 Å². The van der Waals surface area contributed by atoms with E-state index in [2.05, 4.69) is 15.5 Å². The molecule has 0 aliphatic rings. The van der Waals surface area contributed by atoms with Crippen molar-refractivity contribution < 1.29 is 28.0 Å². The maximum atomic E-state index is 14.1. The minimum atomic E-state index is -0.820. The molecule has 10 heteroatoms. The third-order valence-electron chi connectivity index (χ3n) is 4.05. The van der Waals surface area contributed by atoms with Gasteiger partial charge in [0.25, 0.3) is 0 Å². The Bertz CT molecular complexity index is 1010. The first-order chi connectivity index (χ1) is 14.9. The van der Waals surface area contributed by atoms with E-state index in [-0.39, 0.29) is 22.9 Å². The summed E-state index contributed by atoms with van der Waals surface area (Å²) in [5.41, 5.74) is 1.37. The van der Waals surface area contributed by atoms with Crippen molar-refractivity contribution in [2.24, 2.45) is 15.5 Å². The number of hydrogen-bond acceptors (Lipinski definition) is 8. The molecular formula is C21H22F2N4O4. The lowest BCUT2D eigenvalue weighted by Gasteiger charge is -2.16.